The zero-order valence-corrected chi connectivity index (χ0v) is 21.1. The number of carbonyl (C=O) groups excluding carboxylic acids is 2. The van der Waals surface area contributed by atoms with Gasteiger partial charge in [-0.15, -0.1) is 11.8 Å². The number of non-ortho nitro benzene ring substituents is 1. The first-order chi connectivity index (χ1) is 17.8. The summed E-state index contributed by atoms with van der Waals surface area (Å²) < 4.78 is 0. The molecule has 186 valence electrons. The molecule has 7 nitrogen and oxygen atoms in total. The number of rotatable bonds is 8. The van der Waals surface area contributed by atoms with E-state index in [1.165, 1.54) is 36.0 Å². The van der Waals surface area contributed by atoms with E-state index in [2.05, 4.69) is 10.6 Å². The summed E-state index contributed by atoms with van der Waals surface area (Å²) in [5.74, 6) is -0.613. The van der Waals surface area contributed by atoms with Crippen molar-refractivity contribution in [3.63, 3.8) is 0 Å². The quantitative estimate of drug-likeness (QED) is 0.152. The van der Waals surface area contributed by atoms with Crippen LogP contribution in [0.2, 0.25) is 0 Å². The predicted molar refractivity (Wildman–Crippen MR) is 147 cm³/mol. The molecule has 0 bridgehead atoms. The highest BCUT2D eigenvalue weighted by atomic mass is 32.2. The Labute approximate surface area is 219 Å². The Bertz CT molecular complexity index is 1440. The van der Waals surface area contributed by atoms with E-state index in [0.717, 1.165) is 27.3 Å². The number of para-hydroxylation sites is 1. The van der Waals surface area contributed by atoms with Crippen LogP contribution in [-0.2, 0) is 4.79 Å². The van der Waals surface area contributed by atoms with Crippen molar-refractivity contribution in [3.8, 4) is 0 Å². The Kier molecular flexibility index (Phi) is 8.00. The molecule has 37 heavy (non-hydrogen) atoms. The average molecular weight is 512 g/mol. The summed E-state index contributed by atoms with van der Waals surface area (Å²) in [5, 5.41) is 16.4. The molecule has 0 aromatic heterocycles. The Balaban J connectivity index is 1.56. The van der Waals surface area contributed by atoms with Crippen molar-refractivity contribution in [2.24, 2.45) is 0 Å². The number of nitro groups is 1. The van der Waals surface area contributed by atoms with Crippen molar-refractivity contribution in [1.82, 2.24) is 0 Å². The predicted octanol–water partition coefficient (Wildman–Crippen LogP) is 6.94. The van der Waals surface area contributed by atoms with Crippen molar-refractivity contribution in [2.45, 2.75) is 24.0 Å². The van der Waals surface area contributed by atoms with Crippen LogP contribution < -0.4 is 10.6 Å². The molecular formula is C29H25N3O4S. The van der Waals surface area contributed by atoms with E-state index in [1.54, 1.807) is 18.2 Å². The number of carbonyl (C=O) groups is 2. The summed E-state index contributed by atoms with van der Waals surface area (Å²) in [5.41, 5.74) is 4.16. The van der Waals surface area contributed by atoms with Gasteiger partial charge < -0.3 is 10.6 Å². The van der Waals surface area contributed by atoms with Gasteiger partial charge in [-0.25, -0.2) is 0 Å². The molecule has 0 aliphatic heterocycles. The highest BCUT2D eigenvalue weighted by molar-refractivity contribution is 8.00. The fourth-order valence-corrected chi connectivity index (χ4v) is 4.93. The molecule has 4 aromatic rings. The largest absolute Gasteiger partial charge is 0.324 e. The molecule has 1 unspecified atom stereocenters. The third-order valence-corrected chi connectivity index (χ3v) is 6.98. The molecule has 4 aromatic carbocycles. The Morgan fingerprint density at radius 1 is 0.811 bits per heavy atom. The van der Waals surface area contributed by atoms with Gasteiger partial charge in [0.2, 0.25) is 5.91 Å². The van der Waals surface area contributed by atoms with Crippen molar-refractivity contribution in [2.75, 3.05) is 10.6 Å². The van der Waals surface area contributed by atoms with Crippen LogP contribution >= 0.6 is 11.8 Å². The minimum atomic E-state index is -0.540. The molecule has 2 amide bonds. The molecule has 0 heterocycles. The third kappa shape index (κ3) is 6.42. The van der Waals surface area contributed by atoms with E-state index in [4.69, 9.17) is 0 Å². The summed E-state index contributed by atoms with van der Waals surface area (Å²) in [6.45, 7) is 3.92. The minimum Gasteiger partial charge on any atom is -0.324 e. The summed E-state index contributed by atoms with van der Waals surface area (Å²) in [7, 11) is 0. The SMILES string of the molecule is Cc1cccc(C)c1NC(=O)C(Sc1cccc(NC(=O)c2cccc([N+](=O)[O-])c2)c1)c1ccccc1. The maximum absolute atomic E-state index is 13.5. The first kappa shape index (κ1) is 25.7. The molecular weight excluding hydrogens is 486 g/mol. The minimum absolute atomic E-state index is 0.153. The van der Waals surface area contributed by atoms with Crippen LogP contribution in [0.1, 0.15) is 32.3 Å². The number of nitro benzene ring substituents is 1. The number of aryl methyl sites for hydroxylation is 2. The van der Waals surface area contributed by atoms with Gasteiger partial charge in [0.05, 0.1) is 4.92 Å². The fraction of sp³-hybridized carbons (Fsp3) is 0.103. The van der Waals surface area contributed by atoms with Crippen LogP contribution in [0.4, 0.5) is 17.1 Å². The van der Waals surface area contributed by atoms with E-state index < -0.39 is 16.1 Å². The standard InChI is InChI=1S/C29H25N3O4S/c1-19-9-6-10-20(2)26(19)31-29(34)27(21-11-4-3-5-12-21)37-25-16-8-14-23(18-25)30-28(33)22-13-7-15-24(17-22)32(35)36/h3-18,27H,1-2H3,(H,30,33)(H,31,34). The number of benzene rings is 4. The lowest BCUT2D eigenvalue weighted by atomic mass is 10.1. The van der Waals surface area contributed by atoms with Crippen LogP contribution in [0.5, 0.6) is 0 Å². The first-order valence-electron chi connectivity index (χ1n) is 11.6. The Morgan fingerprint density at radius 2 is 1.49 bits per heavy atom. The van der Waals surface area contributed by atoms with Gasteiger partial charge in [0.1, 0.15) is 5.25 Å². The van der Waals surface area contributed by atoms with Crippen LogP contribution in [-0.4, -0.2) is 16.7 Å². The molecule has 8 heteroatoms. The average Bonchev–Trinajstić information content (AvgIpc) is 2.90. The smallest absolute Gasteiger partial charge is 0.270 e. The fourth-order valence-electron chi connectivity index (χ4n) is 3.85. The molecule has 4 rings (SSSR count). The van der Waals surface area contributed by atoms with E-state index >= 15 is 0 Å². The first-order valence-corrected chi connectivity index (χ1v) is 12.4. The van der Waals surface area contributed by atoms with Crippen molar-refractivity contribution < 1.29 is 14.5 Å². The summed E-state index contributed by atoms with van der Waals surface area (Å²) >= 11 is 1.37. The number of hydrogen-bond acceptors (Lipinski definition) is 5. The monoisotopic (exact) mass is 511 g/mol. The number of anilines is 2. The molecule has 0 spiro atoms. The summed E-state index contributed by atoms with van der Waals surface area (Å²) in [6, 6.07) is 28.1. The van der Waals surface area contributed by atoms with Gasteiger partial charge in [0.15, 0.2) is 0 Å². The second-order valence-corrected chi connectivity index (χ2v) is 9.63. The maximum Gasteiger partial charge on any atom is 0.270 e. The van der Waals surface area contributed by atoms with Gasteiger partial charge in [0.25, 0.3) is 11.6 Å². The molecule has 0 saturated carbocycles. The van der Waals surface area contributed by atoms with Gasteiger partial charge >= 0.3 is 0 Å². The number of thioether (sulfide) groups is 1. The van der Waals surface area contributed by atoms with E-state index in [-0.39, 0.29) is 17.2 Å². The van der Waals surface area contributed by atoms with Crippen molar-refractivity contribution in [1.29, 1.82) is 0 Å². The molecule has 0 radical (unpaired) electrons. The molecule has 0 fully saturated rings. The Morgan fingerprint density at radius 3 is 2.19 bits per heavy atom. The lowest BCUT2D eigenvalue weighted by Gasteiger charge is -2.19. The number of amides is 2. The zero-order chi connectivity index (χ0) is 26.4. The third-order valence-electron chi connectivity index (χ3n) is 5.73. The maximum atomic E-state index is 13.5. The topological polar surface area (TPSA) is 101 Å². The van der Waals surface area contributed by atoms with Crippen molar-refractivity contribution in [3.05, 3.63) is 129 Å². The molecule has 0 saturated heterocycles. The highest BCUT2D eigenvalue weighted by Gasteiger charge is 2.23. The molecule has 2 N–H and O–H groups in total. The lowest BCUT2D eigenvalue weighted by Crippen LogP contribution is -2.20. The Hall–Kier alpha value is -4.43. The second kappa shape index (κ2) is 11.5. The van der Waals surface area contributed by atoms with Gasteiger partial charge in [-0.3, -0.25) is 19.7 Å². The van der Waals surface area contributed by atoms with Gasteiger partial charge in [-0.05, 0) is 54.8 Å². The highest BCUT2D eigenvalue weighted by Crippen LogP contribution is 2.37. The van der Waals surface area contributed by atoms with Crippen LogP contribution in [0.25, 0.3) is 0 Å². The van der Waals surface area contributed by atoms with E-state index in [1.807, 2.05) is 68.4 Å². The van der Waals surface area contributed by atoms with Crippen molar-refractivity contribution >= 4 is 40.6 Å². The number of hydrogen-bond donors (Lipinski definition) is 2. The molecule has 1 atom stereocenters. The van der Waals surface area contributed by atoms with E-state index in [9.17, 15) is 19.7 Å². The van der Waals surface area contributed by atoms with E-state index in [0.29, 0.717) is 5.69 Å². The number of nitrogens with zero attached hydrogens (tertiary/aromatic N) is 1. The van der Waals surface area contributed by atoms with Gasteiger partial charge in [-0.2, -0.15) is 0 Å². The van der Waals surface area contributed by atoms with Gasteiger partial charge in [0, 0.05) is 34.0 Å². The van der Waals surface area contributed by atoms with Crippen LogP contribution in [0.15, 0.2) is 102 Å². The second-order valence-electron chi connectivity index (χ2n) is 8.45. The van der Waals surface area contributed by atoms with Crippen LogP contribution in [0, 0.1) is 24.0 Å². The summed E-state index contributed by atoms with van der Waals surface area (Å²) in [4.78, 5) is 37.5. The van der Waals surface area contributed by atoms with Gasteiger partial charge in [-0.1, -0.05) is 60.7 Å². The molecule has 0 aliphatic rings. The summed E-state index contributed by atoms with van der Waals surface area (Å²) in [6.07, 6.45) is 0. The zero-order valence-electron chi connectivity index (χ0n) is 20.3. The van der Waals surface area contributed by atoms with Crippen LogP contribution in [0.3, 0.4) is 0 Å². The normalized spacial score (nSPS) is 11.4. The number of nitrogens with one attached hydrogen (secondary N) is 2. The molecule has 0 aliphatic carbocycles. The lowest BCUT2D eigenvalue weighted by molar-refractivity contribution is -0.384.